The van der Waals surface area contributed by atoms with Gasteiger partial charge in [0, 0.05) is 18.0 Å². The van der Waals surface area contributed by atoms with Crippen LogP contribution in [0.1, 0.15) is 24.2 Å². The van der Waals surface area contributed by atoms with Gasteiger partial charge >= 0.3 is 0 Å². The predicted octanol–water partition coefficient (Wildman–Crippen LogP) is 1.26. The summed E-state index contributed by atoms with van der Waals surface area (Å²) < 4.78 is 23.1. The van der Waals surface area contributed by atoms with Gasteiger partial charge in [-0.25, -0.2) is 8.42 Å². The molecule has 0 spiro atoms. The Kier molecular flexibility index (Phi) is 4.42. The van der Waals surface area contributed by atoms with Gasteiger partial charge in [-0.2, -0.15) is 0 Å². The molecule has 0 fully saturated rings. The van der Waals surface area contributed by atoms with E-state index in [4.69, 9.17) is 5.73 Å². The topological polar surface area (TPSA) is 77.2 Å². The maximum atomic E-state index is 11.8. The van der Waals surface area contributed by atoms with Crippen molar-refractivity contribution in [2.45, 2.75) is 18.7 Å². The predicted molar refractivity (Wildman–Crippen MR) is 66.7 cm³/mol. The molecule has 2 N–H and O–H groups in total. The van der Waals surface area contributed by atoms with E-state index in [1.165, 1.54) is 24.3 Å². The Labute approximate surface area is 102 Å². The van der Waals surface area contributed by atoms with Crippen LogP contribution in [0.2, 0.25) is 0 Å². The van der Waals surface area contributed by atoms with E-state index in [-0.39, 0.29) is 28.9 Å². The highest BCUT2D eigenvalue weighted by atomic mass is 32.2. The van der Waals surface area contributed by atoms with Gasteiger partial charge in [0.05, 0.1) is 10.6 Å². The summed E-state index contributed by atoms with van der Waals surface area (Å²) in [6.07, 6.45) is 0. The zero-order valence-corrected chi connectivity index (χ0v) is 10.8. The van der Waals surface area contributed by atoms with Crippen LogP contribution < -0.4 is 5.73 Å². The Balaban J connectivity index is 3.01. The molecule has 0 aliphatic rings. The molecule has 17 heavy (non-hydrogen) atoms. The van der Waals surface area contributed by atoms with Gasteiger partial charge in [-0.3, -0.25) is 4.79 Å². The smallest absolute Gasteiger partial charge is 0.178 e. The molecular weight excluding hydrogens is 238 g/mol. The highest BCUT2D eigenvalue weighted by molar-refractivity contribution is 7.91. The van der Waals surface area contributed by atoms with Crippen molar-refractivity contribution in [1.29, 1.82) is 0 Å². The van der Waals surface area contributed by atoms with Crippen LogP contribution in [0.25, 0.3) is 0 Å². The first-order valence-corrected chi connectivity index (χ1v) is 7.14. The Morgan fingerprint density at radius 1 is 1.29 bits per heavy atom. The van der Waals surface area contributed by atoms with E-state index in [9.17, 15) is 13.2 Å². The lowest BCUT2D eigenvalue weighted by atomic mass is 10.00. The second-order valence-electron chi connectivity index (χ2n) is 3.93. The minimum atomic E-state index is -3.20. The second kappa shape index (κ2) is 5.42. The van der Waals surface area contributed by atoms with E-state index in [2.05, 4.69) is 0 Å². The fourth-order valence-electron chi connectivity index (χ4n) is 1.38. The fraction of sp³-hybridized carbons (Fsp3) is 0.417. The Bertz CT molecular complexity index is 491. The van der Waals surface area contributed by atoms with E-state index in [1.54, 1.807) is 13.8 Å². The van der Waals surface area contributed by atoms with Gasteiger partial charge in [-0.1, -0.05) is 26.0 Å². The van der Waals surface area contributed by atoms with Crippen molar-refractivity contribution in [2.75, 3.05) is 12.3 Å². The van der Waals surface area contributed by atoms with Gasteiger partial charge in [0.1, 0.15) is 0 Å². The number of carbonyl (C=O) groups is 1. The van der Waals surface area contributed by atoms with Crippen molar-refractivity contribution >= 4 is 15.6 Å². The van der Waals surface area contributed by atoms with E-state index < -0.39 is 9.84 Å². The molecule has 1 rings (SSSR count). The highest BCUT2D eigenvalue weighted by Gasteiger charge is 2.15. The molecule has 1 unspecified atom stereocenters. The van der Waals surface area contributed by atoms with Crippen LogP contribution in [-0.2, 0) is 9.84 Å². The molecule has 0 aromatic heterocycles. The lowest BCUT2D eigenvalue weighted by Crippen LogP contribution is -2.20. The first-order chi connectivity index (χ1) is 7.92. The van der Waals surface area contributed by atoms with Gasteiger partial charge in [0.15, 0.2) is 15.6 Å². The summed E-state index contributed by atoms with van der Waals surface area (Å²) in [5.74, 6) is -0.254. The van der Waals surface area contributed by atoms with Crippen molar-refractivity contribution < 1.29 is 13.2 Å². The number of rotatable bonds is 5. The summed E-state index contributed by atoms with van der Waals surface area (Å²) in [5, 5.41) is 0. The molecule has 0 saturated heterocycles. The minimum absolute atomic E-state index is 0.0551. The Morgan fingerprint density at radius 2 is 1.82 bits per heavy atom. The summed E-state index contributed by atoms with van der Waals surface area (Å²) in [6, 6.07) is 6.01. The number of sulfone groups is 1. The normalized spacial score (nSPS) is 13.4. The van der Waals surface area contributed by atoms with Crippen LogP contribution in [0, 0.1) is 5.92 Å². The van der Waals surface area contributed by atoms with Crippen LogP contribution in [0.3, 0.4) is 0 Å². The van der Waals surface area contributed by atoms with Gasteiger partial charge < -0.3 is 5.73 Å². The SMILES string of the molecule is CCS(=O)(=O)c1ccc(C(=O)C(C)CN)cc1. The van der Waals surface area contributed by atoms with Crippen molar-refractivity contribution in [3.63, 3.8) is 0 Å². The summed E-state index contributed by atoms with van der Waals surface area (Å²) in [7, 11) is -3.20. The number of ketones is 1. The Hall–Kier alpha value is -1.20. The average molecular weight is 255 g/mol. The van der Waals surface area contributed by atoms with Crippen LogP contribution in [0.4, 0.5) is 0 Å². The van der Waals surface area contributed by atoms with Crippen molar-refractivity contribution in [3.8, 4) is 0 Å². The first-order valence-electron chi connectivity index (χ1n) is 5.49. The lowest BCUT2D eigenvalue weighted by molar-refractivity contribution is 0.0934. The quantitative estimate of drug-likeness (QED) is 0.803. The van der Waals surface area contributed by atoms with Crippen LogP contribution >= 0.6 is 0 Å². The third kappa shape index (κ3) is 3.14. The number of benzene rings is 1. The van der Waals surface area contributed by atoms with E-state index >= 15 is 0 Å². The van der Waals surface area contributed by atoms with Crippen molar-refractivity contribution in [1.82, 2.24) is 0 Å². The molecule has 4 nitrogen and oxygen atoms in total. The fourth-order valence-corrected chi connectivity index (χ4v) is 2.27. The van der Waals surface area contributed by atoms with Crippen LogP contribution in [-0.4, -0.2) is 26.5 Å². The lowest BCUT2D eigenvalue weighted by Gasteiger charge is -2.08. The van der Waals surface area contributed by atoms with Gasteiger partial charge in [0.25, 0.3) is 0 Å². The first kappa shape index (κ1) is 13.9. The second-order valence-corrected chi connectivity index (χ2v) is 6.21. The standard InChI is InChI=1S/C12H17NO3S/c1-3-17(15,16)11-6-4-10(5-7-11)12(14)9(2)8-13/h4-7,9H,3,8,13H2,1-2H3. The number of carbonyl (C=O) groups excluding carboxylic acids is 1. The number of hydrogen-bond acceptors (Lipinski definition) is 4. The third-order valence-corrected chi connectivity index (χ3v) is 4.43. The van der Waals surface area contributed by atoms with Gasteiger partial charge in [-0.05, 0) is 12.1 Å². The van der Waals surface area contributed by atoms with Crippen molar-refractivity contribution in [3.05, 3.63) is 29.8 Å². The largest absolute Gasteiger partial charge is 0.330 e. The molecule has 0 heterocycles. The van der Waals surface area contributed by atoms with Gasteiger partial charge in [0.2, 0.25) is 0 Å². The average Bonchev–Trinajstić information content (AvgIpc) is 2.37. The molecule has 94 valence electrons. The summed E-state index contributed by atoms with van der Waals surface area (Å²) >= 11 is 0. The molecular formula is C12H17NO3S. The van der Waals surface area contributed by atoms with Crippen molar-refractivity contribution in [2.24, 2.45) is 11.7 Å². The molecule has 0 radical (unpaired) electrons. The van der Waals surface area contributed by atoms with Crippen LogP contribution in [0.5, 0.6) is 0 Å². The summed E-state index contributed by atoms with van der Waals surface area (Å²) in [6.45, 7) is 3.62. The van der Waals surface area contributed by atoms with E-state index in [0.29, 0.717) is 5.56 Å². The third-order valence-electron chi connectivity index (χ3n) is 2.68. The molecule has 0 aliphatic heterocycles. The zero-order valence-electron chi connectivity index (χ0n) is 10.0. The number of Topliss-reactive ketones (excluding diaryl/α,β-unsaturated/α-hetero) is 1. The van der Waals surface area contributed by atoms with E-state index in [0.717, 1.165) is 0 Å². The highest BCUT2D eigenvalue weighted by Crippen LogP contribution is 2.14. The molecule has 5 heteroatoms. The van der Waals surface area contributed by atoms with Gasteiger partial charge in [-0.15, -0.1) is 0 Å². The maximum absolute atomic E-state index is 11.8. The van der Waals surface area contributed by atoms with E-state index in [1.807, 2.05) is 0 Å². The summed E-state index contributed by atoms with van der Waals surface area (Å²) in [4.78, 5) is 12.0. The zero-order chi connectivity index (χ0) is 13.1. The molecule has 0 bridgehead atoms. The maximum Gasteiger partial charge on any atom is 0.178 e. The molecule has 0 aliphatic carbocycles. The number of hydrogen-bond donors (Lipinski definition) is 1. The molecule has 0 amide bonds. The Morgan fingerprint density at radius 3 is 2.24 bits per heavy atom. The molecule has 1 aromatic carbocycles. The molecule has 1 atom stereocenters. The minimum Gasteiger partial charge on any atom is -0.330 e. The monoisotopic (exact) mass is 255 g/mol. The molecule has 0 saturated carbocycles. The van der Waals surface area contributed by atoms with Crippen LogP contribution in [0.15, 0.2) is 29.2 Å². The molecule has 1 aromatic rings. The summed E-state index contributed by atoms with van der Waals surface area (Å²) in [5.41, 5.74) is 5.91. The number of nitrogens with two attached hydrogens (primary N) is 1.